The Morgan fingerprint density at radius 1 is 1.64 bits per heavy atom. The summed E-state index contributed by atoms with van der Waals surface area (Å²) in [6.07, 6.45) is 1.68. The van der Waals surface area contributed by atoms with Gasteiger partial charge in [0, 0.05) is 12.2 Å². The summed E-state index contributed by atoms with van der Waals surface area (Å²) in [7, 11) is 1.38. The van der Waals surface area contributed by atoms with E-state index in [4.69, 9.17) is 0 Å². The number of esters is 1. The maximum absolute atomic E-state index is 11.1. The molecule has 0 bridgehead atoms. The van der Waals surface area contributed by atoms with E-state index < -0.39 is 0 Å². The summed E-state index contributed by atoms with van der Waals surface area (Å²) >= 11 is 0. The van der Waals surface area contributed by atoms with E-state index in [-0.39, 0.29) is 18.1 Å². The quantitative estimate of drug-likeness (QED) is 0.694. The summed E-state index contributed by atoms with van der Waals surface area (Å²) in [5, 5.41) is 9.76. The van der Waals surface area contributed by atoms with Crippen LogP contribution >= 0.6 is 0 Å². The Balaban J connectivity index is 2.49. The van der Waals surface area contributed by atoms with Crippen molar-refractivity contribution in [3.8, 4) is 0 Å². The monoisotopic (exact) mass is 197 g/mol. The Kier molecular flexibility index (Phi) is 3.64. The molecule has 1 aromatic heterocycles. The number of H-pyrrole nitrogens is 1. The molecule has 5 heteroatoms. The Labute approximate surface area is 82.8 Å². The Morgan fingerprint density at radius 3 is 2.86 bits per heavy atom. The normalized spacial score (nSPS) is 14.8. The van der Waals surface area contributed by atoms with Gasteiger partial charge in [-0.05, 0) is 19.9 Å². The van der Waals surface area contributed by atoms with Crippen LogP contribution in [0, 0.1) is 0 Å². The minimum Gasteiger partial charge on any atom is -0.468 e. The van der Waals surface area contributed by atoms with E-state index in [1.54, 1.807) is 13.1 Å². The average Bonchev–Trinajstić information content (AvgIpc) is 2.69. The molecule has 1 aromatic rings. The number of carbonyl (C=O) groups is 1. The molecule has 0 fully saturated rings. The highest BCUT2D eigenvalue weighted by Gasteiger charge is 2.16. The van der Waals surface area contributed by atoms with Crippen molar-refractivity contribution < 1.29 is 9.53 Å². The third-order valence-corrected chi connectivity index (χ3v) is 2.04. The first-order valence-electron chi connectivity index (χ1n) is 4.48. The van der Waals surface area contributed by atoms with Crippen molar-refractivity contribution >= 4 is 5.97 Å². The Bertz CT molecular complexity index is 284. The van der Waals surface area contributed by atoms with E-state index in [0.29, 0.717) is 0 Å². The minimum absolute atomic E-state index is 0.0478. The molecular formula is C9H15N3O2. The summed E-state index contributed by atoms with van der Waals surface area (Å²) in [5.74, 6) is -0.267. The highest BCUT2D eigenvalue weighted by atomic mass is 16.5. The summed E-state index contributed by atoms with van der Waals surface area (Å²) in [4.78, 5) is 11.1. The first kappa shape index (κ1) is 10.7. The lowest BCUT2D eigenvalue weighted by molar-refractivity contribution is -0.142. The van der Waals surface area contributed by atoms with Crippen molar-refractivity contribution in [3.63, 3.8) is 0 Å². The van der Waals surface area contributed by atoms with Crippen LogP contribution in [0.25, 0.3) is 0 Å². The van der Waals surface area contributed by atoms with Gasteiger partial charge in [0.2, 0.25) is 0 Å². The van der Waals surface area contributed by atoms with E-state index in [1.165, 1.54) is 7.11 Å². The van der Waals surface area contributed by atoms with Gasteiger partial charge in [-0.1, -0.05) is 0 Å². The van der Waals surface area contributed by atoms with Gasteiger partial charge in [0.1, 0.15) is 6.04 Å². The zero-order chi connectivity index (χ0) is 10.6. The topological polar surface area (TPSA) is 67.0 Å². The van der Waals surface area contributed by atoms with Crippen LogP contribution in [0.15, 0.2) is 12.3 Å². The number of hydrogen-bond acceptors (Lipinski definition) is 4. The predicted octanol–water partition coefficient (Wildman–Crippen LogP) is 0.622. The number of aromatic nitrogens is 2. The molecule has 0 saturated carbocycles. The SMILES string of the molecule is COC(=O)[C@H](C)NC(C)c1ccn[nH]1. The molecule has 5 nitrogen and oxygen atoms in total. The van der Waals surface area contributed by atoms with Gasteiger partial charge in [-0.15, -0.1) is 0 Å². The number of hydrogen-bond donors (Lipinski definition) is 2. The third-order valence-electron chi connectivity index (χ3n) is 2.04. The van der Waals surface area contributed by atoms with Crippen molar-refractivity contribution in [2.24, 2.45) is 0 Å². The van der Waals surface area contributed by atoms with Gasteiger partial charge in [-0.25, -0.2) is 0 Å². The summed E-state index contributed by atoms with van der Waals surface area (Å²) in [6, 6.07) is 1.59. The molecule has 0 aromatic carbocycles. The van der Waals surface area contributed by atoms with Crippen LogP contribution in [0.5, 0.6) is 0 Å². The Morgan fingerprint density at radius 2 is 2.36 bits per heavy atom. The molecule has 0 aliphatic rings. The van der Waals surface area contributed by atoms with Crippen LogP contribution in [0.3, 0.4) is 0 Å². The fourth-order valence-electron chi connectivity index (χ4n) is 1.22. The molecule has 14 heavy (non-hydrogen) atoms. The van der Waals surface area contributed by atoms with Gasteiger partial charge in [-0.2, -0.15) is 5.10 Å². The van der Waals surface area contributed by atoms with E-state index >= 15 is 0 Å². The molecule has 0 radical (unpaired) electrons. The fraction of sp³-hybridized carbons (Fsp3) is 0.556. The second kappa shape index (κ2) is 4.76. The Hall–Kier alpha value is -1.36. The molecule has 0 aliphatic heterocycles. The van der Waals surface area contributed by atoms with Crippen LogP contribution < -0.4 is 5.32 Å². The maximum Gasteiger partial charge on any atom is 0.322 e. The lowest BCUT2D eigenvalue weighted by Gasteiger charge is -2.16. The molecular weight excluding hydrogens is 182 g/mol. The lowest BCUT2D eigenvalue weighted by Crippen LogP contribution is -2.36. The van der Waals surface area contributed by atoms with Gasteiger partial charge in [0.05, 0.1) is 12.8 Å². The second-order valence-corrected chi connectivity index (χ2v) is 3.15. The van der Waals surface area contributed by atoms with Crippen molar-refractivity contribution in [2.75, 3.05) is 7.11 Å². The third kappa shape index (κ3) is 2.56. The molecule has 1 rings (SSSR count). The van der Waals surface area contributed by atoms with Crippen LogP contribution in [-0.2, 0) is 9.53 Å². The summed E-state index contributed by atoms with van der Waals surface area (Å²) in [5.41, 5.74) is 0.945. The molecule has 1 heterocycles. The average molecular weight is 197 g/mol. The van der Waals surface area contributed by atoms with Crippen molar-refractivity contribution in [1.29, 1.82) is 0 Å². The van der Waals surface area contributed by atoms with E-state index in [1.807, 2.05) is 13.0 Å². The molecule has 1 unspecified atom stereocenters. The minimum atomic E-state index is -0.321. The zero-order valence-electron chi connectivity index (χ0n) is 8.57. The van der Waals surface area contributed by atoms with Gasteiger partial charge < -0.3 is 4.74 Å². The lowest BCUT2D eigenvalue weighted by atomic mass is 10.2. The van der Waals surface area contributed by atoms with Crippen LogP contribution in [0.2, 0.25) is 0 Å². The molecule has 2 atom stereocenters. The van der Waals surface area contributed by atoms with Crippen LogP contribution in [0.4, 0.5) is 0 Å². The van der Waals surface area contributed by atoms with E-state index in [9.17, 15) is 4.79 Å². The number of rotatable bonds is 4. The van der Waals surface area contributed by atoms with Gasteiger partial charge in [0.15, 0.2) is 0 Å². The first-order chi connectivity index (χ1) is 6.65. The maximum atomic E-state index is 11.1. The number of carbonyl (C=O) groups excluding carboxylic acids is 1. The second-order valence-electron chi connectivity index (χ2n) is 3.15. The number of methoxy groups -OCH3 is 1. The summed E-state index contributed by atoms with van der Waals surface area (Å²) < 4.78 is 4.60. The van der Waals surface area contributed by atoms with Crippen molar-refractivity contribution in [3.05, 3.63) is 18.0 Å². The van der Waals surface area contributed by atoms with Crippen molar-refractivity contribution in [1.82, 2.24) is 15.5 Å². The fourth-order valence-corrected chi connectivity index (χ4v) is 1.22. The van der Waals surface area contributed by atoms with Gasteiger partial charge in [-0.3, -0.25) is 15.2 Å². The molecule has 0 saturated heterocycles. The van der Waals surface area contributed by atoms with Gasteiger partial charge >= 0.3 is 5.97 Å². The number of nitrogens with one attached hydrogen (secondary N) is 2. The molecule has 2 N–H and O–H groups in total. The molecule has 78 valence electrons. The molecule has 0 amide bonds. The smallest absolute Gasteiger partial charge is 0.322 e. The van der Waals surface area contributed by atoms with E-state index in [2.05, 4.69) is 20.3 Å². The van der Waals surface area contributed by atoms with Crippen LogP contribution in [-0.4, -0.2) is 29.3 Å². The largest absolute Gasteiger partial charge is 0.468 e. The molecule has 0 spiro atoms. The van der Waals surface area contributed by atoms with E-state index in [0.717, 1.165) is 5.69 Å². The number of aromatic amines is 1. The zero-order valence-corrected chi connectivity index (χ0v) is 8.57. The first-order valence-corrected chi connectivity index (χ1v) is 4.48. The molecule has 0 aliphatic carbocycles. The number of nitrogens with zero attached hydrogens (tertiary/aromatic N) is 1. The standard InChI is InChI=1S/C9H15N3O2/c1-6(8-4-5-10-12-8)11-7(2)9(13)14-3/h4-7,11H,1-3H3,(H,10,12)/t6?,7-/m0/s1. The highest BCUT2D eigenvalue weighted by Crippen LogP contribution is 2.08. The predicted molar refractivity (Wildman–Crippen MR) is 51.6 cm³/mol. The van der Waals surface area contributed by atoms with Crippen LogP contribution in [0.1, 0.15) is 25.6 Å². The van der Waals surface area contributed by atoms with Gasteiger partial charge in [0.25, 0.3) is 0 Å². The number of ether oxygens (including phenoxy) is 1. The van der Waals surface area contributed by atoms with Crippen molar-refractivity contribution in [2.45, 2.75) is 25.9 Å². The highest BCUT2D eigenvalue weighted by molar-refractivity contribution is 5.75. The summed E-state index contributed by atoms with van der Waals surface area (Å²) in [6.45, 7) is 3.71.